The lowest BCUT2D eigenvalue weighted by Gasteiger charge is -2.08. The largest absolute Gasteiger partial charge is 0.494 e. The zero-order valence-corrected chi connectivity index (χ0v) is 9.77. The number of H-pyrrole nitrogens is 1. The van der Waals surface area contributed by atoms with Gasteiger partial charge in [-0.15, -0.1) is 0 Å². The number of halogens is 1. The molecular weight excluding hydrogens is 231 g/mol. The van der Waals surface area contributed by atoms with Gasteiger partial charge >= 0.3 is 0 Å². The fourth-order valence-electron chi connectivity index (χ4n) is 2.07. The molecule has 90 valence electrons. The van der Waals surface area contributed by atoms with Gasteiger partial charge in [-0.1, -0.05) is 12.1 Å². The van der Waals surface area contributed by atoms with Crippen LogP contribution >= 0.6 is 0 Å². The van der Waals surface area contributed by atoms with Crippen LogP contribution in [-0.4, -0.2) is 17.1 Å². The highest BCUT2D eigenvalue weighted by Crippen LogP contribution is 2.32. The number of benzene rings is 1. The van der Waals surface area contributed by atoms with Gasteiger partial charge in [0.1, 0.15) is 5.65 Å². The summed E-state index contributed by atoms with van der Waals surface area (Å²) in [7, 11) is 1.46. The summed E-state index contributed by atoms with van der Waals surface area (Å²) in [6.45, 7) is 0. The highest BCUT2D eigenvalue weighted by atomic mass is 19.1. The van der Waals surface area contributed by atoms with E-state index in [2.05, 4.69) is 9.97 Å². The Kier molecular flexibility index (Phi) is 2.48. The molecule has 0 aliphatic carbocycles. The summed E-state index contributed by atoms with van der Waals surface area (Å²) in [5, 5.41) is 0.893. The predicted molar refractivity (Wildman–Crippen MR) is 68.0 cm³/mol. The Balaban J connectivity index is 2.29. The molecule has 0 bridgehead atoms. The first-order valence-corrected chi connectivity index (χ1v) is 5.56. The molecule has 0 atom stereocenters. The maximum absolute atomic E-state index is 14.2. The summed E-state index contributed by atoms with van der Waals surface area (Å²) >= 11 is 0. The lowest BCUT2D eigenvalue weighted by molar-refractivity contribution is 0.387. The summed E-state index contributed by atoms with van der Waals surface area (Å²) in [6.07, 6.45) is 3.45. The van der Waals surface area contributed by atoms with E-state index in [1.165, 1.54) is 7.11 Å². The molecule has 0 unspecified atom stereocenters. The third-order valence-electron chi connectivity index (χ3n) is 2.93. The van der Waals surface area contributed by atoms with Gasteiger partial charge in [0.05, 0.1) is 7.11 Å². The molecule has 0 amide bonds. The minimum Gasteiger partial charge on any atom is -0.494 e. The van der Waals surface area contributed by atoms with Crippen molar-refractivity contribution in [3.63, 3.8) is 0 Å². The van der Waals surface area contributed by atoms with E-state index in [9.17, 15) is 4.39 Å². The number of hydrogen-bond acceptors (Lipinski definition) is 2. The van der Waals surface area contributed by atoms with Crippen molar-refractivity contribution in [1.82, 2.24) is 9.97 Å². The third kappa shape index (κ3) is 1.54. The predicted octanol–water partition coefficient (Wildman–Crippen LogP) is 3.38. The van der Waals surface area contributed by atoms with Crippen molar-refractivity contribution < 1.29 is 9.13 Å². The quantitative estimate of drug-likeness (QED) is 0.748. The van der Waals surface area contributed by atoms with Gasteiger partial charge in [-0.05, 0) is 23.8 Å². The van der Waals surface area contributed by atoms with Crippen LogP contribution in [0.5, 0.6) is 5.75 Å². The van der Waals surface area contributed by atoms with E-state index in [-0.39, 0.29) is 11.6 Å². The molecular formula is C14H11FN2O. The zero-order valence-electron chi connectivity index (χ0n) is 9.77. The summed E-state index contributed by atoms with van der Waals surface area (Å²) in [4.78, 5) is 7.20. The van der Waals surface area contributed by atoms with Crippen LogP contribution in [0.2, 0.25) is 0 Å². The van der Waals surface area contributed by atoms with E-state index in [1.54, 1.807) is 36.7 Å². The van der Waals surface area contributed by atoms with E-state index in [1.807, 2.05) is 6.07 Å². The topological polar surface area (TPSA) is 37.9 Å². The van der Waals surface area contributed by atoms with Gasteiger partial charge in [0.2, 0.25) is 0 Å². The molecule has 0 aliphatic heterocycles. The lowest BCUT2D eigenvalue weighted by atomic mass is 10.0. The van der Waals surface area contributed by atoms with Gasteiger partial charge in [-0.3, -0.25) is 0 Å². The summed E-state index contributed by atoms with van der Waals surface area (Å²) in [5.41, 5.74) is 2.06. The van der Waals surface area contributed by atoms with E-state index in [4.69, 9.17) is 4.74 Å². The molecule has 0 spiro atoms. The SMILES string of the molecule is COc1cccc(-c2ccnc3[nH]ccc23)c1F. The van der Waals surface area contributed by atoms with E-state index >= 15 is 0 Å². The van der Waals surface area contributed by atoms with Gasteiger partial charge in [0, 0.05) is 23.3 Å². The van der Waals surface area contributed by atoms with Crippen LogP contribution in [0, 0.1) is 5.82 Å². The Morgan fingerprint density at radius 2 is 2.06 bits per heavy atom. The number of ether oxygens (including phenoxy) is 1. The second kappa shape index (κ2) is 4.14. The smallest absolute Gasteiger partial charge is 0.172 e. The molecule has 3 nitrogen and oxygen atoms in total. The van der Waals surface area contributed by atoms with Crippen molar-refractivity contribution in [2.75, 3.05) is 7.11 Å². The number of rotatable bonds is 2. The number of pyridine rings is 1. The first kappa shape index (κ1) is 10.8. The Labute approximate surface area is 103 Å². The van der Waals surface area contributed by atoms with Crippen LogP contribution in [-0.2, 0) is 0 Å². The number of nitrogens with one attached hydrogen (secondary N) is 1. The number of hydrogen-bond donors (Lipinski definition) is 1. The highest BCUT2D eigenvalue weighted by Gasteiger charge is 2.13. The van der Waals surface area contributed by atoms with Gasteiger partial charge in [0.25, 0.3) is 0 Å². The minimum absolute atomic E-state index is 0.244. The van der Waals surface area contributed by atoms with Crippen molar-refractivity contribution in [2.45, 2.75) is 0 Å². The molecule has 1 N–H and O–H groups in total. The number of fused-ring (bicyclic) bond motifs is 1. The molecule has 2 aromatic heterocycles. The van der Waals surface area contributed by atoms with Gasteiger partial charge < -0.3 is 9.72 Å². The van der Waals surface area contributed by atoms with Gasteiger partial charge in [0.15, 0.2) is 11.6 Å². The first-order valence-electron chi connectivity index (χ1n) is 5.56. The van der Waals surface area contributed by atoms with Crippen LogP contribution < -0.4 is 4.74 Å². The number of aromatic nitrogens is 2. The second-order valence-corrected chi connectivity index (χ2v) is 3.92. The summed E-state index contributed by atoms with van der Waals surface area (Å²) in [6, 6.07) is 8.80. The molecule has 2 heterocycles. The zero-order chi connectivity index (χ0) is 12.5. The Bertz CT molecular complexity index is 706. The molecule has 0 aliphatic rings. The molecule has 0 fully saturated rings. The third-order valence-corrected chi connectivity index (χ3v) is 2.93. The van der Waals surface area contributed by atoms with Crippen molar-refractivity contribution in [1.29, 1.82) is 0 Å². The fraction of sp³-hybridized carbons (Fsp3) is 0.0714. The van der Waals surface area contributed by atoms with Gasteiger partial charge in [-0.2, -0.15) is 0 Å². The van der Waals surface area contributed by atoms with Gasteiger partial charge in [-0.25, -0.2) is 9.37 Å². The monoisotopic (exact) mass is 242 g/mol. The summed E-state index contributed by atoms with van der Waals surface area (Å²) < 4.78 is 19.2. The van der Waals surface area contributed by atoms with Crippen molar-refractivity contribution in [3.05, 3.63) is 48.5 Å². The Morgan fingerprint density at radius 1 is 1.17 bits per heavy atom. The second-order valence-electron chi connectivity index (χ2n) is 3.92. The number of aromatic amines is 1. The first-order chi connectivity index (χ1) is 8.81. The standard InChI is InChI=1S/C14H11FN2O/c1-18-12-4-2-3-10(13(12)15)9-5-7-16-14-11(9)6-8-17-14/h2-8H,1H3,(H,16,17). The normalized spacial score (nSPS) is 10.8. The highest BCUT2D eigenvalue weighted by molar-refractivity contribution is 5.93. The molecule has 18 heavy (non-hydrogen) atoms. The minimum atomic E-state index is -0.353. The Morgan fingerprint density at radius 3 is 2.89 bits per heavy atom. The average Bonchev–Trinajstić information content (AvgIpc) is 2.87. The van der Waals surface area contributed by atoms with Crippen molar-refractivity contribution in [3.8, 4) is 16.9 Å². The Hall–Kier alpha value is -2.36. The lowest BCUT2D eigenvalue weighted by Crippen LogP contribution is -1.92. The molecule has 1 aromatic carbocycles. The van der Waals surface area contributed by atoms with E-state index in [0.29, 0.717) is 5.56 Å². The van der Waals surface area contributed by atoms with Crippen LogP contribution in [0.15, 0.2) is 42.7 Å². The van der Waals surface area contributed by atoms with E-state index in [0.717, 1.165) is 16.6 Å². The molecule has 4 heteroatoms. The molecule has 0 radical (unpaired) electrons. The van der Waals surface area contributed by atoms with Crippen LogP contribution in [0.4, 0.5) is 4.39 Å². The van der Waals surface area contributed by atoms with Crippen molar-refractivity contribution >= 4 is 11.0 Å². The average molecular weight is 242 g/mol. The van der Waals surface area contributed by atoms with E-state index < -0.39 is 0 Å². The molecule has 3 rings (SSSR count). The number of nitrogens with zero attached hydrogens (tertiary/aromatic N) is 1. The molecule has 0 saturated heterocycles. The van der Waals surface area contributed by atoms with Crippen LogP contribution in [0.25, 0.3) is 22.2 Å². The number of methoxy groups -OCH3 is 1. The van der Waals surface area contributed by atoms with Crippen LogP contribution in [0.3, 0.4) is 0 Å². The van der Waals surface area contributed by atoms with Crippen LogP contribution in [0.1, 0.15) is 0 Å². The fourth-order valence-corrected chi connectivity index (χ4v) is 2.07. The summed E-state index contributed by atoms with van der Waals surface area (Å²) in [5.74, 6) is -0.110. The maximum atomic E-state index is 14.2. The maximum Gasteiger partial charge on any atom is 0.172 e. The van der Waals surface area contributed by atoms with Crippen molar-refractivity contribution in [2.24, 2.45) is 0 Å². The molecule has 3 aromatic rings. The molecule has 0 saturated carbocycles.